The van der Waals surface area contributed by atoms with Gasteiger partial charge in [-0.3, -0.25) is 15.0 Å². The molecule has 0 unspecified atom stereocenters. The van der Waals surface area contributed by atoms with Crippen LogP contribution in [0.25, 0.3) is 11.1 Å². The van der Waals surface area contributed by atoms with Gasteiger partial charge in [0.25, 0.3) is 0 Å². The highest BCUT2D eigenvalue weighted by atomic mass is 32.1. The molecule has 0 atom stereocenters. The lowest BCUT2D eigenvalue weighted by Gasteiger charge is -2.06. The van der Waals surface area contributed by atoms with Crippen LogP contribution in [0.15, 0.2) is 30.9 Å². The van der Waals surface area contributed by atoms with Crippen molar-refractivity contribution in [1.29, 1.82) is 0 Å². The summed E-state index contributed by atoms with van der Waals surface area (Å²) in [5.74, 6) is 0. The van der Waals surface area contributed by atoms with E-state index in [0.717, 1.165) is 35.2 Å². The molecule has 3 heterocycles. The zero-order valence-corrected chi connectivity index (χ0v) is 15.3. The van der Waals surface area contributed by atoms with E-state index >= 15 is 0 Å². The van der Waals surface area contributed by atoms with Crippen molar-refractivity contribution in [3.8, 4) is 11.1 Å². The van der Waals surface area contributed by atoms with Crippen molar-refractivity contribution < 1.29 is 4.79 Å². The largest absolute Gasteiger partial charge is 0.334 e. The number of hydrogen-bond acceptors (Lipinski definition) is 5. The van der Waals surface area contributed by atoms with Crippen molar-refractivity contribution in [1.82, 2.24) is 25.1 Å². The third-order valence-electron chi connectivity index (χ3n) is 4.35. The van der Waals surface area contributed by atoms with Gasteiger partial charge in [0.15, 0.2) is 5.13 Å². The molecule has 1 aliphatic rings. The van der Waals surface area contributed by atoms with Crippen LogP contribution in [0, 0.1) is 0 Å². The number of aromatic nitrogens is 4. The van der Waals surface area contributed by atoms with E-state index in [0.29, 0.717) is 11.7 Å². The Morgan fingerprint density at radius 1 is 1.23 bits per heavy atom. The summed E-state index contributed by atoms with van der Waals surface area (Å²) in [5, 5.41) is 10.6. The van der Waals surface area contributed by atoms with Crippen LogP contribution in [0.1, 0.15) is 29.0 Å². The quantitative estimate of drug-likeness (QED) is 0.741. The first kappa shape index (κ1) is 16.7. The molecule has 0 saturated heterocycles. The van der Waals surface area contributed by atoms with Gasteiger partial charge in [0, 0.05) is 48.2 Å². The van der Waals surface area contributed by atoms with E-state index < -0.39 is 0 Å². The van der Waals surface area contributed by atoms with Gasteiger partial charge in [0.2, 0.25) is 0 Å². The maximum atomic E-state index is 12.2. The first-order chi connectivity index (χ1) is 12.7. The lowest BCUT2D eigenvalue weighted by molar-refractivity contribution is 0.251. The molecule has 2 N–H and O–H groups in total. The zero-order chi connectivity index (χ0) is 17.9. The van der Waals surface area contributed by atoms with Crippen LogP contribution in [-0.4, -0.2) is 25.8 Å². The first-order valence-electron chi connectivity index (χ1n) is 8.64. The summed E-state index contributed by atoms with van der Waals surface area (Å²) in [6, 6.07) is 1.76. The van der Waals surface area contributed by atoms with Gasteiger partial charge in [-0.25, -0.2) is 9.78 Å². The first-order valence-corrected chi connectivity index (χ1v) is 9.45. The number of rotatable bonds is 4. The third-order valence-corrected chi connectivity index (χ3v) is 5.43. The molecule has 3 aromatic rings. The molecule has 0 saturated carbocycles. The van der Waals surface area contributed by atoms with Crippen LogP contribution in [0.2, 0.25) is 0 Å². The van der Waals surface area contributed by atoms with Gasteiger partial charge in [0.1, 0.15) is 0 Å². The highest BCUT2D eigenvalue weighted by Crippen LogP contribution is 2.29. The average Bonchev–Trinajstić information content (AvgIpc) is 3.25. The Kier molecular flexibility index (Phi) is 4.66. The number of hydrogen-bond donors (Lipinski definition) is 2. The summed E-state index contributed by atoms with van der Waals surface area (Å²) in [5.41, 5.74) is 4.05. The minimum absolute atomic E-state index is 0.247. The Balaban J connectivity index is 1.36. The Morgan fingerprint density at radius 2 is 2.12 bits per heavy atom. The molecular weight excluding hydrogens is 348 g/mol. The lowest BCUT2D eigenvalue weighted by Crippen LogP contribution is -2.28. The summed E-state index contributed by atoms with van der Waals surface area (Å²) in [6.07, 6.45) is 11.8. The molecule has 0 radical (unpaired) electrons. The van der Waals surface area contributed by atoms with Gasteiger partial charge >= 0.3 is 6.03 Å². The number of carbonyl (C=O) groups excluding carboxylic acids is 1. The number of urea groups is 1. The van der Waals surface area contributed by atoms with E-state index in [1.807, 2.05) is 19.3 Å². The molecule has 0 spiro atoms. The number of thiazole rings is 1. The Hall–Kier alpha value is -2.74. The molecule has 26 heavy (non-hydrogen) atoms. The van der Waals surface area contributed by atoms with Crippen molar-refractivity contribution in [3.05, 3.63) is 47.0 Å². The highest BCUT2D eigenvalue weighted by Gasteiger charge is 2.16. The van der Waals surface area contributed by atoms with Crippen LogP contribution >= 0.6 is 11.3 Å². The fraction of sp³-hybridized carbons (Fsp3) is 0.333. The fourth-order valence-electron chi connectivity index (χ4n) is 3.04. The predicted octanol–water partition coefficient (Wildman–Crippen LogP) is 3.14. The third kappa shape index (κ3) is 3.75. The molecule has 134 valence electrons. The number of carbonyl (C=O) groups is 1. The van der Waals surface area contributed by atoms with Gasteiger partial charge < -0.3 is 5.32 Å². The van der Waals surface area contributed by atoms with Crippen molar-refractivity contribution in [2.24, 2.45) is 7.05 Å². The molecule has 7 nitrogen and oxygen atoms in total. The van der Waals surface area contributed by atoms with Crippen LogP contribution in [0.4, 0.5) is 9.93 Å². The molecule has 4 rings (SSSR count). The minimum atomic E-state index is -0.247. The average molecular weight is 368 g/mol. The van der Waals surface area contributed by atoms with Crippen molar-refractivity contribution >= 4 is 22.5 Å². The molecule has 0 aliphatic heterocycles. The predicted molar refractivity (Wildman–Crippen MR) is 101 cm³/mol. The van der Waals surface area contributed by atoms with Gasteiger partial charge in [-0.05, 0) is 37.3 Å². The molecular formula is C18H20N6OS. The van der Waals surface area contributed by atoms with E-state index in [1.54, 1.807) is 34.6 Å². The molecule has 0 bridgehead atoms. The number of nitrogens with one attached hydrogen (secondary N) is 2. The summed E-state index contributed by atoms with van der Waals surface area (Å²) in [4.78, 5) is 22.3. The van der Waals surface area contributed by atoms with Gasteiger partial charge in [0.05, 0.1) is 11.9 Å². The van der Waals surface area contributed by atoms with Crippen molar-refractivity contribution in [2.45, 2.75) is 32.2 Å². The zero-order valence-electron chi connectivity index (χ0n) is 14.5. The normalized spacial score (nSPS) is 13.3. The van der Waals surface area contributed by atoms with E-state index in [9.17, 15) is 4.79 Å². The molecule has 3 aromatic heterocycles. The lowest BCUT2D eigenvalue weighted by atomic mass is 10.0. The summed E-state index contributed by atoms with van der Waals surface area (Å²) >= 11 is 1.58. The highest BCUT2D eigenvalue weighted by molar-refractivity contribution is 7.15. The van der Waals surface area contributed by atoms with Crippen LogP contribution in [0.3, 0.4) is 0 Å². The Labute approximate surface area is 155 Å². The summed E-state index contributed by atoms with van der Waals surface area (Å²) in [6.45, 7) is 0.401. The SMILES string of the molecule is Cn1cc(-c2cncc(CNC(=O)Nc3nc4c(s3)CCCC4)c2)cn1. The molecule has 8 heteroatoms. The van der Waals surface area contributed by atoms with E-state index in [-0.39, 0.29) is 6.03 Å². The van der Waals surface area contributed by atoms with E-state index in [2.05, 4.69) is 25.7 Å². The van der Waals surface area contributed by atoms with Crippen LogP contribution in [-0.2, 0) is 26.4 Å². The number of anilines is 1. The standard InChI is InChI=1S/C18H20N6OS/c1-24-11-14(10-21-24)13-6-12(7-19-9-13)8-20-17(25)23-18-22-15-4-2-3-5-16(15)26-18/h6-7,9-11H,2-5,8H2,1H3,(H2,20,22,23,25). The molecule has 0 fully saturated rings. The topological polar surface area (TPSA) is 84.7 Å². The fourth-order valence-corrected chi connectivity index (χ4v) is 4.09. The molecule has 2 amide bonds. The molecule has 1 aliphatic carbocycles. The maximum Gasteiger partial charge on any atom is 0.321 e. The second-order valence-corrected chi connectivity index (χ2v) is 7.47. The van der Waals surface area contributed by atoms with Crippen LogP contribution in [0.5, 0.6) is 0 Å². The van der Waals surface area contributed by atoms with E-state index in [1.165, 1.54) is 17.7 Å². The smallest absolute Gasteiger partial charge is 0.321 e. The minimum Gasteiger partial charge on any atom is -0.334 e. The van der Waals surface area contributed by atoms with Crippen molar-refractivity contribution in [3.63, 3.8) is 0 Å². The van der Waals surface area contributed by atoms with Gasteiger partial charge in [-0.1, -0.05) is 0 Å². The number of pyridine rings is 1. The van der Waals surface area contributed by atoms with Gasteiger partial charge in [-0.2, -0.15) is 5.10 Å². The summed E-state index contributed by atoms with van der Waals surface area (Å²) in [7, 11) is 1.88. The Morgan fingerprint density at radius 3 is 2.92 bits per heavy atom. The summed E-state index contributed by atoms with van der Waals surface area (Å²) < 4.78 is 1.75. The second kappa shape index (κ2) is 7.25. The second-order valence-electron chi connectivity index (χ2n) is 6.39. The Bertz CT molecular complexity index is 908. The van der Waals surface area contributed by atoms with E-state index in [4.69, 9.17) is 0 Å². The molecule has 0 aromatic carbocycles. The monoisotopic (exact) mass is 368 g/mol. The van der Waals surface area contributed by atoms with Crippen LogP contribution < -0.4 is 10.6 Å². The number of amides is 2. The number of nitrogens with zero attached hydrogens (tertiary/aromatic N) is 4. The van der Waals surface area contributed by atoms with Gasteiger partial charge in [-0.15, -0.1) is 11.3 Å². The number of fused-ring (bicyclic) bond motifs is 1. The number of aryl methyl sites for hydroxylation is 3. The van der Waals surface area contributed by atoms with Crippen molar-refractivity contribution in [2.75, 3.05) is 5.32 Å². The maximum absolute atomic E-state index is 12.2.